The zero-order valence-electron chi connectivity index (χ0n) is 9.22. The number of benzene rings is 1. The van der Waals surface area contributed by atoms with Crippen LogP contribution >= 0.6 is 24.0 Å². The number of rotatable bonds is 2. The molecule has 0 saturated heterocycles. The highest BCUT2D eigenvalue weighted by Gasteiger charge is 2.33. The Kier molecular flexibility index (Phi) is 5.92. The average molecular weight is 303 g/mol. The molecule has 0 fully saturated rings. The molecular weight excluding hydrogens is 292 g/mol. The first-order valence-corrected chi connectivity index (χ1v) is 5.03. The normalized spacial score (nSPS) is 12.6. The fourth-order valence-corrected chi connectivity index (χ4v) is 1.30. The summed E-state index contributed by atoms with van der Waals surface area (Å²) in [4.78, 5) is 11.2. The van der Waals surface area contributed by atoms with Crippen molar-refractivity contribution in [3.8, 4) is 0 Å². The topological polar surface area (TPSA) is 55.1 Å². The first kappa shape index (κ1) is 17.0. The van der Waals surface area contributed by atoms with E-state index in [9.17, 15) is 18.0 Å². The Balaban J connectivity index is 0.00000289. The number of nitrogens with one attached hydrogen (secondary N) is 1. The van der Waals surface area contributed by atoms with Gasteiger partial charge in [0.1, 0.15) is 0 Å². The number of halogens is 5. The van der Waals surface area contributed by atoms with Crippen LogP contribution in [-0.4, -0.2) is 11.9 Å². The van der Waals surface area contributed by atoms with Crippen molar-refractivity contribution in [1.82, 2.24) is 0 Å². The number of carbonyl (C=O) groups excluding carboxylic acids is 1. The van der Waals surface area contributed by atoms with Crippen LogP contribution in [0.1, 0.15) is 12.5 Å². The van der Waals surface area contributed by atoms with Crippen LogP contribution in [0.15, 0.2) is 18.2 Å². The third kappa shape index (κ3) is 4.36. The number of alkyl halides is 3. The van der Waals surface area contributed by atoms with Gasteiger partial charge >= 0.3 is 6.18 Å². The molecule has 0 heterocycles. The molecule has 0 bridgehead atoms. The van der Waals surface area contributed by atoms with Crippen LogP contribution in [0.2, 0.25) is 5.02 Å². The molecule has 8 heteroatoms. The number of amides is 1. The number of hydrogen-bond acceptors (Lipinski definition) is 2. The summed E-state index contributed by atoms with van der Waals surface area (Å²) in [5.41, 5.74) is 4.28. The summed E-state index contributed by atoms with van der Waals surface area (Å²) < 4.78 is 37.5. The minimum absolute atomic E-state index is 0. The van der Waals surface area contributed by atoms with Crippen LogP contribution in [0.4, 0.5) is 18.9 Å². The lowest BCUT2D eigenvalue weighted by Gasteiger charge is -2.12. The van der Waals surface area contributed by atoms with Crippen molar-refractivity contribution in [3.63, 3.8) is 0 Å². The quantitative estimate of drug-likeness (QED) is 0.882. The van der Waals surface area contributed by atoms with Crippen LogP contribution in [0.25, 0.3) is 0 Å². The molecule has 3 N–H and O–H groups in total. The minimum atomic E-state index is -4.56. The maximum Gasteiger partial charge on any atom is 0.417 e. The van der Waals surface area contributed by atoms with Crippen molar-refractivity contribution in [2.75, 3.05) is 5.32 Å². The van der Waals surface area contributed by atoms with E-state index < -0.39 is 28.7 Å². The van der Waals surface area contributed by atoms with E-state index in [-0.39, 0.29) is 18.1 Å². The monoisotopic (exact) mass is 302 g/mol. The molecular formula is C10H11Cl2F3N2O. The predicted molar refractivity (Wildman–Crippen MR) is 66.0 cm³/mol. The van der Waals surface area contributed by atoms with Gasteiger partial charge in [-0.05, 0) is 25.1 Å². The molecule has 1 amide bonds. The smallest absolute Gasteiger partial charge is 0.325 e. The molecule has 1 aromatic rings. The molecule has 1 rings (SSSR count). The molecule has 0 spiro atoms. The largest absolute Gasteiger partial charge is 0.417 e. The lowest BCUT2D eigenvalue weighted by atomic mass is 10.2. The first-order valence-electron chi connectivity index (χ1n) is 4.65. The number of carbonyl (C=O) groups is 1. The highest BCUT2D eigenvalue weighted by Crippen LogP contribution is 2.36. The summed E-state index contributed by atoms with van der Waals surface area (Å²) in [5, 5.41) is 1.84. The van der Waals surface area contributed by atoms with Crippen LogP contribution in [0, 0.1) is 0 Å². The van der Waals surface area contributed by atoms with Gasteiger partial charge in [0, 0.05) is 5.69 Å². The summed E-state index contributed by atoms with van der Waals surface area (Å²) in [6.45, 7) is 1.43. The van der Waals surface area contributed by atoms with Gasteiger partial charge in [0.05, 0.1) is 16.6 Å². The lowest BCUT2D eigenvalue weighted by molar-refractivity contribution is -0.137. The fourth-order valence-electron chi connectivity index (χ4n) is 1.08. The van der Waals surface area contributed by atoms with E-state index in [1.165, 1.54) is 13.0 Å². The molecule has 0 aromatic heterocycles. The van der Waals surface area contributed by atoms with Crippen LogP contribution in [0.5, 0.6) is 0 Å². The van der Waals surface area contributed by atoms with Crippen molar-refractivity contribution in [3.05, 3.63) is 28.8 Å². The van der Waals surface area contributed by atoms with E-state index in [0.717, 1.165) is 12.1 Å². The standard InChI is InChI=1S/C10H10ClF3N2O.ClH/c1-5(15)9(17)16-6-2-3-8(11)7(4-6)10(12,13)14;/h2-5H,15H2,1H3,(H,16,17);1H/t5-;/m1./s1. The van der Waals surface area contributed by atoms with E-state index in [1.54, 1.807) is 0 Å². The Bertz CT molecular complexity index is 436. The first-order chi connectivity index (χ1) is 7.71. The average Bonchev–Trinajstić information content (AvgIpc) is 2.19. The summed E-state index contributed by atoms with van der Waals surface area (Å²) in [6.07, 6.45) is -4.56. The maximum atomic E-state index is 12.5. The van der Waals surface area contributed by atoms with Gasteiger partial charge in [0.25, 0.3) is 0 Å². The number of hydrogen-bond donors (Lipinski definition) is 2. The summed E-state index contributed by atoms with van der Waals surface area (Å²) in [7, 11) is 0. The van der Waals surface area contributed by atoms with Crippen molar-refractivity contribution >= 4 is 35.6 Å². The van der Waals surface area contributed by atoms with E-state index >= 15 is 0 Å². The van der Waals surface area contributed by atoms with E-state index in [2.05, 4.69) is 5.32 Å². The van der Waals surface area contributed by atoms with Crippen molar-refractivity contribution in [1.29, 1.82) is 0 Å². The zero-order chi connectivity index (χ0) is 13.2. The molecule has 1 atom stereocenters. The Morgan fingerprint density at radius 1 is 1.44 bits per heavy atom. The van der Waals surface area contributed by atoms with E-state index in [1.807, 2.05) is 0 Å². The van der Waals surface area contributed by atoms with E-state index in [4.69, 9.17) is 17.3 Å². The maximum absolute atomic E-state index is 12.5. The van der Waals surface area contributed by atoms with Crippen LogP contribution in [0.3, 0.4) is 0 Å². The summed E-state index contributed by atoms with van der Waals surface area (Å²) >= 11 is 5.42. The molecule has 102 valence electrons. The lowest BCUT2D eigenvalue weighted by Crippen LogP contribution is -2.32. The van der Waals surface area contributed by atoms with Gasteiger partial charge in [-0.3, -0.25) is 4.79 Å². The third-order valence-corrected chi connectivity index (χ3v) is 2.28. The Morgan fingerprint density at radius 3 is 2.44 bits per heavy atom. The second kappa shape index (κ2) is 6.26. The van der Waals surface area contributed by atoms with Gasteiger partial charge in [-0.25, -0.2) is 0 Å². The van der Waals surface area contributed by atoms with Crippen LogP contribution < -0.4 is 11.1 Å². The molecule has 0 aliphatic heterocycles. The second-order valence-electron chi connectivity index (χ2n) is 3.47. The second-order valence-corrected chi connectivity index (χ2v) is 3.88. The van der Waals surface area contributed by atoms with Gasteiger partial charge in [-0.1, -0.05) is 11.6 Å². The number of nitrogens with two attached hydrogens (primary N) is 1. The molecule has 0 unspecified atom stereocenters. The highest BCUT2D eigenvalue weighted by atomic mass is 35.5. The Hall–Kier alpha value is -0.980. The SMILES string of the molecule is C[C@@H](N)C(=O)Nc1ccc(Cl)c(C(F)(F)F)c1.Cl. The minimum Gasteiger partial charge on any atom is -0.325 e. The molecule has 18 heavy (non-hydrogen) atoms. The van der Waals surface area contributed by atoms with E-state index in [0.29, 0.717) is 0 Å². The summed E-state index contributed by atoms with van der Waals surface area (Å²) in [6, 6.07) is 2.31. The van der Waals surface area contributed by atoms with Crippen molar-refractivity contribution < 1.29 is 18.0 Å². The molecule has 0 aliphatic rings. The zero-order valence-corrected chi connectivity index (χ0v) is 10.8. The fraction of sp³-hybridized carbons (Fsp3) is 0.300. The molecule has 0 aliphatic carbocycles. The van der Waals surface area contributed by atoms with Gasteiger partial charge in [-0.15, -0.1) is 12.4 Å². The number of anilines is 1. The van der Waals surface area contributed by atoms with Crippen LogP contribution in [-0.2, 0) is 11.0 Å². The molecule has 0 saturated carbocycles. The highest BCUT2D eigenvalue weighted by molar-refractivity contribution is 6.31. The predicted octanol–water partition coefficient (Wildman–Crippen LogP) is 3.07. The van der Waals surface area contributed by atoms with Gasteiger partial charge in [0.2, 0.25) is 5.91 Å². The van der Waals surface area contributed by atoms with Gasteiger partial charge in [0.15, 0.2) is 0 Å². The van der Waals surface area contributed by atoms with Crippen molar-refractivity contribution in [2.45, 2.75) is 19.1 Å². The van der Waals surface area contributed by atoms with Gasteiger partial charge < -0.3 is 11.1 Å². The molecule has 3 nitrogen and oxygen atoms in total. The third-order valence-electron chi connectivity index (χ3n) is 1.95. The molecule has 0 radical (unpaired) electrons. The van der Waals surface area contributed by atoms with Gasteiger partial charge in [-0.2, -0.15) is 13.2 Å². The molecule has 1 aromatic carbocycles. The Labute approximate surface area is 113 Å². The van der Waals surface area contributed by atoms with Crippen molar-refractivity contribution in [2.24, 2.45) is 5.73 Å². The summed E-state index contributed by atoms with van der Waals surface area (Å²) in [5.74, 6) is -0.569. The Morgan fingerprint density at radius 2 is 2.00 bits per heavy atom.